The zero-order chi connectivity index (χ0) is 17.9. The monoisotopic (exact) mass is 343 g/mol. The molecule has 0 fully saturated rings. The first-order valence-electron chi connectivity index (χ1n) is 10.3. The number of carbonyl (C=O) groups excluding carboxylic acids is 1. The van der Waals surface area contributed by atoms with Crippen LogP contribution < -0.4 is 0 Å². The van der Waals surface area contributed by atoms with Gasteiger partial charge in [0.2, 0.25) is 5.91 Å². The van der Waals surface area contributed by atoms with Crippen LogP contribution in [0.15, 0.2) is 0 Å². The zero-order valence-corrected chi connectivity index (χ0v) is 16.0. The second-order valence-corrected chi connectivity index (χ2v) is 6.82. The van der Waals surface area contributed by atoms with Gasteiger partial charge in [-0.05, 0) is 19.3 Å². The number of aliphatic hydroxyl groups is 2. The Bertz CT molecular complexity index is 264. The van der Waals surface area contributed by atoms with Crippen LogP contribution in [0.4, 0.5) is 0 Å². The van der Waals surface area contributed by atoms with Gasteiger partial charge in [-0.2, -0.15) is 0 Å². The average Bonchev–Trinajstić information content (AvgIpc) is 2.59. The average molecular weight is 344 g/mol. The molecular formula is C20H41NO3. The van der Waals surface area contributed by atoms with Crippen LogP contribution in [0.2, 0.25) is 0 Å². The summed E-state index contributed by atoms with van der Waals surface area (Å²) in [4.78, 5) is 14.0. The van der Waals surface area contributed by atoms with Gasteiger partial charge in [-0.3, -0.25) is 4.79 Å². The molecule has 0 aliphatic carbocycles. The van der Waals surface area contributed by atoms with Crippen molar-refractivity contribution in [3.05, 3.63) is 0 Å². The molecule has 2 N–H and O–H groups in total. The van der Waals surface area contributed by atoms with E-state index in [1.54, 1.807) is 4.90 Å². The molecule has 24 heavy (non-hydrogen) atoms. The van der Waals surface area contributed by atoms with E-state index in [2.05, 4.69) is 6.92 Å². The van der Waals surface area contributed by atoms with Crippen LogP contribution in [0, 0.1) is 0 Å². The van der Waals surface area contributed by atoms with Crippen molar-refractivity contribution >= 4 is 5.91 Å². The fourth-order valence-electron chi connectivity index (χ4n) is 2.98. The van der Waals surface area contributed by atoms with E-state index in [9.17, 15) is 4.79 Å². The first-order valence-corrected chi connectivity index (χ1v) is 10.3. The van der Waals surface area contributed by atoms with Crippen LogP contribution in [-0.2, 0) is 4.79 Å². The molecule has 0 aliphatic rings. The lowest BCUT2D eigenvalue weighted by molar-refractivity contribution is -0.131. The highest BCUT2D eigenvalue weighted by Crippen LogP contribution is 2.12. The molecule has 0 aliphatic heterocycles. The van der Waals surface area contributed by atoms with E-state index >= 15 is 0 Å². The maximum Gasteiger partial charge on any atom is 0.222 e. The summed E-state index contributed by atoms with van der Waals surface area (Å²) in [6.07, 6.45) is 16.0. The van der Waals surface area contributed by atoms with Crippen molar-refractivity contribution in [3.8, 4) is 0 Å². The molecule has 0 rings (SSSR count). The second kappa shape index (κ2) is 18.7. The normalized spacial score (nSPS) is 11.0. The predicted molar refractivity (Wildman–Crippen MR) is 101 cm³/mol. The summed E-state index contributed by atoms with van der Waals surface area (Å²) in [6, 6.07) is 0. The van der Waals surface area contributed by atoms with Gasteiger partial charge >= 0.3 is 0 Å². The topological polar surface area (TPSA) is 60.8 Å². The summed E-state index contributed by atoms with van der Waals surface area (Å²) in [6.45, 7) is 3.69. The molecule has 0 aromatic heterocycles. The first kappa shape index (κ1) is 23.4. The first-order chi connectivity index (χ1) is 11.8. The standard InChI is InChI=1S/C20H41NO3/c1-2-3-4-5-6-7-8-9-10-11-12-15-20(24)21(16-13-18-22)17-14-19-23/h22-23H,2-19H2,1H3. The van der Waals surface area contributed by atoms with Crippen molar-refractivity contribution in [1.82, 2.24) is 4.90 Å². The Morgan fingerprint density at radius 2 is 1.08 bits per heavy atom. The second-order valence-electron chi connectivity index (χ2n) is 6.82. The van der Waals surface area contributed by atoms with Crippen LogP contribution in [0.5, 0.6) is 0 Å². The maximum absolute atomic E-state index is 12.2. The van der Waals surface area contributed by atoms with Crippen LogP contribution in [0.1, 0.15) is 96.8 Å². The molecular weight excluding hydrogens is 302 g/mol. The summed E-state index contributed by atoms with van der Waals surface area (Å²) in [5.74, 6) is 0.174. The van der Waals surface area contributed by atoms with E-state index in [0.29, 0.717) is 32.4 Å². The molecule has 0 unspecified atom stereocenters. The minimum atomic E-state index is 0.112. The van der Waals surface area contributed by atoms with Crippen molar-refractivity contribution in [3.63, 3.8) is 0 Å². The molecule has 0 aromatic carbocycles. The Hall–Kier alpha value is -0.610. The molecule has 0 saturated heterocycles. The van der Waals surface area contributed by atoms with E-state index in [1.165, 1.54) is 57.8 Å². The quantitative estimate of drug-likeness (QED) is 0.365. The lowest BCUT2D eigenvalue weighted by atomic mass is 10.1. The zero-order valence-electron chi connectivity index (χ0n) is 16.0. The third kappa shape index (κ3) is 14.9. The van der Waals surface area contributed by atoms with Crippen LogP contribution in [-0.4, -0.2) is 47.3 Å². The Morgan fingerprint density at radius 3 is 1.50 bits per heavy atom. The summed E-state index contributed by atoms with van der Waals surface area (Å²) in [5, 5.41) is 17.8. The Labute approximate surface area is 149 Å². The van der Waals surface area contributed by atoms with Crippen LogP contribution in [0.3, 0.4) is 0 Å². The molecule has 144 valence electrons. The van der Waals surface area contributed by atoms with Gasteiger partial charge in [0.1, 0.15) is 0 Å². The Morgan fingerprint density at radius 1 is 0.667 bits per heavy atom. The van der Waals surface area contributed by atoms with Crippen molar-refractivity contribution in [2.45, 2.75) is 96.8 Å². The summed E-state index contributed by atoms with van der Waals surface area (Å²) < 4.78 is 0. The molecule has 0 atom stereocenters. The smallest absolute Gasteiger partial charge is 0.222 e. The largest absolute Gasteiger partial charge is 0.396 e. The van der Waals surface area contributed by atoms with E-state index in [-0.39, 0.29) is 19.1 Å². The van der Waals surface area contributed by atoms with Gasteiger partial charge in [0, 0.05) is 32.7 Å². The third-order valence-corrected chi connectivity index (χ3v) is 4.52. The van der Waals surface area contributed by atoms with Crippen molar-refractivity contribution in [2.75, 3.05) is 26.3 Å². The number of aliphatic hydroxyl groups excluding tert-OH is 2. The molecule has 0 bridgehead atoms. The summed E-state index contributed by atoms with van der Waals surface area (Å²) in [5.41, 5.74) is 0. The SMILES string of the molecule is CCCCCCCCCCCCCC(=O)N(CCCO)CCCO. The van der Waals surface area contributed by atoms with E-state index in [4.69, 9.17) is 10.2 Å². The van der Waals surface area contributed by atoms with Gasteiger partial charge < -0.3 is 15.1 Å². The maximum atomic E-state index is 12.2. The number of amides is 1. The molecule has 0 radical (unpaired) electrons. The summed E-state index contributed by atoms with van der Waals surface area (Å²) in [7, 11) is 0. The van der Waals surface area contributed by atoms with Gasteiger partial charge in [0.05, 0.1) is 0 Å². The van der Waals surface area contributed by atoms with E-state index in [1.807, 2.05) is 0 Å². The van der Waals surface area contributed by atoms with Gasteiger partial charge in [0.25, 0.3) is 0 Å². The van der Waals surface area contributed by atoms with Gasteiger partial charge in [-0.15, -0.1) is 0 Å². The van der Waals surface area contributed by atoms with Gasteiger partial charge in [-0.1, -0.05) is 71.1 Å². The highest BCUT2D eigenvalue weighted by Gasteiger charge is 2.12. The van der Waals surface area contributed by atoms with Gasteiger partial charge in [-0.25, -0.2) is 0 Å². The minimum Gasteiger partial charge on any atom is -0.396 e. The Kier molecular flexibility index (Phi) is 18.2. The molecule has 0 heterocycles. The number of hydrogen-bond acceptors (Lipinski definition) is 3. The van der Waals surface area contributed by atoms with Crippen molar-refractivity contribution in [1.29, 1.82) is 0 Å². The fraction of sp³-hybridized carbons (Fsp3) is 0.950. The van der Waals surface area contributed by atoms with E-state index in [0.717, 1.165) is 12.8 Å². The van der Waals surface area contributed by atoms with Crippen LogP contribution in [0.25, 0.3) is 0 Å². The molecule has 4 nitrogen and oxygen atoms in total. The molecule has 0 saturated carbocycles. The lowest BCUT2D eigenvalue weighted by Gasteiger charge is -2.22. The van der Waals surface area contributed by atoms with Gasteiger partial charge in [0.15, 0.2) is 0 Å². The minimum absolute atomic E-state index is 0.112. The third-order valence-electron chi connectivity index (χ3n) is 4.52. The number of hydrogen-bond donors (Lipinski definition) is 2. The highest BCUT2D eigenvalue weighted by atomic mass is 16.3. The number of nitrogens with zero attached hydrogens (tertiary/aromatic N) is 1. The summed E-state index contributed by atoms with van der Waals surface area (Å²) >= 11 is 0. The number of unbranched alkanes of at least 4 members (excludes halogenated alkanes) is 10. The number of carbonyl (C=O) groups is 1. The molecule has 0 aromatic rings. The van der Waals surface area contributed by atoms with Crippen molar-refractivity contribution in [2.24, 2.45) is 0 Å². The van der Waals surface area contributed by atoms with E-state index < -0.39 is 0 Å². The number of rotatable bonds is 18. The molecule has 0 spiro atoms. The van der Waals surface area contributed by atoms with Crippen molar-refractivity contribution < 1.29 is 15.0 Å². The highest BCUT2D eigenvalue weighted by molar-refractivity contribution is 5.76. The lowest BCUT2D eigenvalue weighted by Crippen LogP contribution is -2.33. The molecule has 1 amide bonds. The van der Waals surface area contributed by atoms with Crippen LogP contribution >= 0.6 is 0 Å². The Balaban J connectivity index is 3.53. The predicted octanol–water partition coefficient (Wildman–Crippen LogP) is 4.28. The molecule has 4 heteroatoms. The fourth-order valence-corrected chi connectivity index (χ4v) is 2.98.